The van der Waals surface area contributed by atoms with Crippen LogP contribution in [0.25, 0.3) is 5.69 Å². The summed E-state index contributed by atoms with van der Waals surface area (Å²) < 4.78 is 26.4. The molecule has 0 unspecified atom stereocenters. The number of nitrogens with zero attached hydrogens (tertiary/aromatic N) is 2. The molecule has 0 saturated heterocycles. The molecule has 3 aromatic rings. The monoisotopic (exact) mass is 359 g/mol. The van der Waals surface area contributed by atoms with E-state index >= 15 is 0 Å². The normalized spacial score (nSPS) is 10.9. The predicted molar refractivity (Wildman–Crippen MR) is 94.6 cm³/mol. The van der Waals surface area contributed by atoms with E-state index in [1.165, 1.54) is 24.3 Å². The van der Waals surface area contributed by atoms with Gasteiger partial charge in [-0.05, 0) is 43.3 Å². The summed E-state index contributed by atoms with van der Waals surface area (Å²) in [6, 6.07) is 15.5. The maximum absolute atomic E-state index is 12.5. The first-order valence-electron chi connectivity index (χ1n) is 7.51. The van der Waals surface area contributed by atoms with Crippen molar-refractivity contribution in [1.82, 2.24) is 9.78 Å². The number of aromatic nitrogens is 2. The largest absolute Gasteiger partial charge is 0.306 e. The number of alkyl halides is 2. The zero-order valence-electron chi connectivity index (χ0n) is 13.3. The first-order valence-corrected chi connectivity index (χ1v) is 8.39. The molecular weight excluding hydrogens is 344 g/mol. The molecule has 1 N–H and O–H groups in total. The average molecular weight is 359 g/mol. The second-order valence-corrected chi connectivity index (χ2v) is 6.34. The summed E-state index contributed by atoms with van der Waals surface area (Å²) in [5.41, 5.74) is 2.04. The molecule has 7 heteroatoms. The third kappa shape index (κ3) is 4.06. The maximum Gasteiger partial charge on any atom is 0.288 e. The van der Waals surface area contributed by atoms with Gasteiger partial charge in [0.2, 0.25) is 0 Å². The number of para-hydroxylation sites is 1. The van der Waals surface area contributed by atoms with Crippen LogP contribution in [0.3, 0.4) is 0 Å². The van der Waals surface area contributed by atoms with E-state index in [0.717, 1.165) is 11.3 Å². The summed E-state index contributed by atoms with van der Waals surface area (Å²) in [5, 5.41) is 7.14. The Morgan fingerprint density at radius 2 is 1.80 bits per heavy atom. The fourth-order valence-electron chi connectivity index (χ4n) is 2.31. The van der Waals surface area contributed by atoms with Crippen LogP contribution in [0, 0.1) is 6.92 Å². The molecule has 0 aliphatic heterocycles. The molecule has 1 aromatic heterocycles. The number of thioether (sulfide) groups is 1. The van der Waals surface area contributed by atoms with E-state index in [9.17, 15) is 13.6 Å². The van der Waals surface area contributed by atoms with Gasteiger partial charge in [0.05, 0.1) is 11.9 Å². The Balaban J connectivity index is 1.81. The highest BCUT2D eigenvalue weighted by molar-refractivity contribution is 7.99. The number of anilines is 1. The second kappa shape index (κ2) is 7.48. The van der Waals surface area contributed by atoms with E-state index in [4.69, 9.17) is 0 Å². The molecule has 0 spiro atoms. The van der Waals surface area contributed by atoms with Gasteiger partial charge in [-0.15, -0.1) is 0 Å². The van der Waals surface area contributed by atoms with Crippen LogP contribution in [0.1, 0.15) is 15.9 Å². The molecule has 0 saturated carbocycles. The first kappa shape index (κ1) is 17.2. The third-order valence-electron chi connectivity index (χ3n) is 3.53. The zero-order chi connectivity index (χ0) is 17.8. The van der Waals surface area contributed by atoms with Crippen LogP contribution < -0.4 is 5.32 Å². The van der Waals surface area contributed by atoms with Crippen molar-refractivity contribution < 1.29 is 13.6 Å². The SMILES string of the molecule is Cc1cnn(-c2ccccc2)c1NC(=O)c1ccc(SC(F)F)cc1. The Kier molecular flexibility index (Phi) is 5.14. The maximum atomic E-state index is 12.5. The van der Waals surface area contributed by atoms with Gasteiger partial charge >= 0.3 is 0 Å². The second-order valence-electron chi connectivity index (χ2n) is 5.28. The van der Waals surface area contributed by atoms with Gasteiger partial charge in [-0.25, -0.2) is 4.68 Å². The van der Waals surface area contributed by atoms with Gasteiger partial charge in [0.15, 0.2) is 0 Å². The highest BCUT2D eigenvalue weighted by Gasteiger charge is 2.14. The van der Waals surface area contributed by atoms with E-state index < -0.39 is 5.76 Å². The standard InChI is InChI=1S/C18H15F2N3OS/c1-12-11-21-23(14-5-3-2-4-6-14)16(12)22-17(24)13-7-9-15(10-8-13)25-18(19)20/h2-11,18H,1H3,(H,22,24). The van der Waals surface area contributed by atoms with E-state index in [2.05, 4.69) is 10.4 Å². The van der Waals surface area contributed by atoms with Crippen LogP contribution in [0.5, 0.6) is 0 Å². The molecule has 25 heavy (non-hydrogen) atoms. The van der Waals surface area contributed by atoms with Crippen LogP contribution in [0.2, 0.25) is 0 Å². The van der Waals surface area contributed by atoms with Gasteiger partial charge in [-0.3, -0.25) is 4.79 Å². The molecule has 128 valence electrons. The van der Waals surface area contributed by atoms with Gasteiger partial charge in [-0.2, -0.15) is 13.9 Å². The number of benzene rings is 2. The van der Waals surface area contributed by atoms with Gasteiger partial charge in [0, 0.05) is 16.0 Å². The topological polar surface area (TPSA) is 46.9 Å². The number of carbonyl (C=O) groups excluding carboxylic acids is 1. The molecule has 0 aliphatic rings. The summed E-state index contributed by atoms with van der Waals surface area (Å²) in [5.74, 6) is -2.24. The van der Waals surface area contributed by atoms with Gasteiger partial charge in [-0.1, -0.05) is 30.0 Å². The minimum atomic E-state index is -2.48. The molecule has 0 radical (unpaired) electrons. The Morgan fingerprint density at radius 3 is 2.44 bits per heavy atom. The van der Waals surface area contributed by atoms with Crippen LogP contribution in [0.15, 0.2) is 65.7 Å². The molecule has 0 fully saturated rings. The highest BCUT2D eigenvalue weighted by Crippen LogP contribution is 2.25. The Hall–Kier alpha value is -2.67. The average Bonchev–Trinajstić information content (AvgIpc) is 2.96. The molecule has 1 amide bonds. The van der Waals surface area contributed by atoms with Crippen molar-refractivity contribution in [2.24, 2.45) is 0 Å². The lowest BCUT2D eigenvalue weighted by atomic mass is 10.2. The number of halogens is 2. The van der Waals surface area contributed by atoms with Crippen molar-refractivity contribution in [3.63, 3.8) is 0 Å². The Labute approximate surface area is 147 Å². The van der Waals surface area contributed by atoms with Crippen LogP contribution in [0.4, 0.5) is 14.6 Å². The number of aryl methyl sites for hydroxylation is 1. The number of hydrogen-bond donors (Lipinski definition) is 1. The fourth-order valence-corrected chi connectivity index (χ4v) is 2.81. The summed E-state index contributed by atoms with van der Waals surface area (Å²) in [6.07, 6.45) is 1.67. The fraction of sp³-hybridized carbons (Fsp3) is 0.111. The lowest BCUT2D eigenvalue weighted by Crippen LogP contribution is -2.15. The van der Waals surface area contributed by atoms with E-state index in [1.807, 2.05) is 37.3 Å². The quantitative estimate of drug-likeness (QED) is 0.669. The van der Waals surface area contributed by atoms with Crippen LogP contribution in [-0.2, 0) is 0 Å². The van der Waals surface area contributed by atoms with E-state index in [0.29, 0.717) is 28.0 Å². The van der Waals surface area contributed by atoms with Crippen molar-refractivity contribution >= 4 is 23.5 Å². The van der Waals surface area contributed by atoms with Crippen molar-refractivity contribution in [2.45, 2.75) is 17.6 Å². The summed E-state index contributed by atoms with van der Waals surface area (Å²) in [7, 11) is 0. The summed E-state index contributed by atoms with van der Waals surface area (Å²) in [6.45, 7) is 1.85. The highest BCUT2D eigenvalue weighted by atomic mass is 32.2. The van der Waals surface area contributed by atoms with Gasteiger partial charge in [0.25, 0.3) is 11.7 Å². The summed E-state index contributed by atoms with van der Waals surface area (Å²) in [4.78, 5) is 12.9. The molecule has 1 heterocycles. The predicted octanol–water partition coefficient (Wildman–Crippen LogP) is 4.75. The van der Waals surface area contributed by atoms with Crippen molar-refractivity contribution in [2.75, 3.05) is 5.32 Å². The number of amides is 1. The molecule has 0 atom stereocenters. The smallest absolute Gasteiger partial charge is 0.288 e. The molecule has 2 aromatic carbocycles. The molecule has 3 rings (SSSR count). The third-order valence-corrected chi connectivity index (χ3v) is 4.25. The van der Waals surface area contributed by atoms with Crippen molar-refractivity contribution in [3.8, 4) is 5.69 Å². The molecular formula is C18H15F2N3OS. The van der Waals surface area contributed by atoms with Gasteiger partial charge < -0.3 is 5.32 Å². The Morgan fingerprint density at radius 1 is 1.12 bits per heavy atom. The lowest BCUT2D eigenvalue weighted by molar-refractivity contribution is 0.102. The zero-order valence-corrected chi connectivity index (χ0v) is 14.1. The van der Waals surface area contributed by atoms with Crippen molar-refractivity contribution in [1.29, 1.82) is 0 Å². The molecule has 0 aliphatic carbocycles. The molecule has 4 nitrogen and oxygen atoms in total. The number of rotatable bonds is 5. The first-order chi connectivity index (χ1) is 12.0. The minimum Gasteiger partial charge on any atom is -0.306 e. The number of hydrogen-bond acceptors (Lipinski definition) is 3. The van der Waals surface area contributed by atoms with E-state index in [-0.39, 0.29) is 5.91 Å². The minimum absolute atomic E-state index is 0.325. The Bertz CT molecular complexity index is 864. The van der Waals surface area contributed by atoms with Crippen molar-refractivity contribution in [3.05, 3.63) is 71.9 Å². The summed E-state index contributed by atoms with van der Waals surface area (Å²) >= 11 is 0.447. The van der Waals surface area contributed by atoms with Crippen LogP contribution in [-0.4, -0.2) is 21.4 Å². The van der Waals surface area contributed by atoms with Crippen LogP contribution >= 0.6 is 11.8 Å². The number of carbonyl (C=O) groups is 1. The van der Waals surface area contributed by atoms with E-state index in [1.54, 1.807) is 10.9 Å². The van der Waals surface area contributed by atoms with Gasteiger partial charge in [0.1, 0.15) is 5.82 Å². The lowest BCUT2D eigenvalue weighted by Gasteiger charge is -2.10. The molecule has 0 bridgehead atoms. The number of nitrogens with one attached hydrogen (secondary N) is 1.